The number of fused-ring (bicyclic) bond motifs is 2. The van der Waals surface area contributed by atoms with Crippen LogP contribution in [0.1, 0.15) is 11.1 Å². The summed E-state index contributed by atoms with van der Waals surface area (Å²) in [7, 11) is 0. The van der Waals surface area contributed by atoms with Gasteiger partial charge in [-0.3, -0.25) is 0 Å². The second kappa shape index (κ2) is 6.02. The predicted molar refractivity (Wildman–Crippen MR) is 105 cm³/mol. The third-order valence-corrected chi connectivity index (χ3v) is 4.83. The SMILES string of the molecule is Brc1cccc2c(C=Cc3ccccc3)c3ccccc3cc12. The molecule has 0 bridgehead atoms. The van der Waals surface area contributed by atoms with E-state index in [1.165, 1.54) is 32.7 Å². The molecule has 0 amide bonds. The van der Waals surface area contributed by atoms with Crippen LogP contribution in [0.5, 0.6) is 0 Å². The van der Waals surface area contributed by atoms with Gasteiger partial charge < -0.3 is 0 Å². The highest BCUT2D eigenvalue weighted by Gasteiger charge is 2.07. The molecule has 0 N–H and O–H groups in total. The highest BCUT2D eigenvalue weighted by molar-refractivity contribution is 9.10. The smallest absolute Gasteiger partial charge is 0.0254 e. The fourth-order valence-corrected chi connectivity index (χ4v) is 3.49. The van der Waals surface area contributed by atoms with Gasteiger partial charge in [0.2, 0.25) is 0 Å². The summed E-state index contributed by atoms with van der Waals surface area (Å²) in [6, 6.07) is 27.6. The van der Waals surface area contributed by atoms with E-state index in [1.54, 1.807) is 0 Å². The number of benzene rings is 4. The first-order valence-corrected chi connectivity index (χ1v) is 8.45. The van der Waals surface area contributed by atoms with Gasteiger partial charge >= 0.3 is 0 Å². The third-order valence-electron chi connectivity index (χ3n) is 4.14. The summed E-state index contributed by atoms with van der Waals surface area (Å²) in [5, 5.41) is 5.06. The summed E-state index contributed by atoms with van der Waals surface area (Å²) >= 11 is 3.69. The Morgan fingerprint density at radius 2 is 1.35 bits per heavy atom. The van der Waals surface area contributed by atoms with E-state index in [4.69, 9.17) is 0 Å². The van der Waals surface area contributed by atoms with Crippen molar-refractivity contribution in [2.24, 2.45) is 0 Å². The zero-order chi connectivity index (χ0) is 15.6. The summed E-state index contributed by atoms with van der Waals surface area (Å²) in [6.07, 6.45) is 4.41. The lowest BCUT2D eigenvalue weighted by Gasteiger charge is -2.09. The molecule has 0 nitrogen and oxygen atoms in total. The summed E-state index contributed by atoms with van der Waals surface area (Å²) in [5.74, 6) is 0. The maximum atomic E-state index is 3.69. The van der Waals surface area contributed by atoms with Gasteiger partial charge in [0.1, 0.15) is 0 Å². The first-order valence-electron chi connectivity index (χ1n) is 7.66. The molecule has 0 aliphatic carbocycles. The molecular formula is C22H15Br. The summed E-state index contributed by atoms with van der Waals surface area (Å²) in [6.45, 7) is 0. The summed E-state index contributed by atoms with van der Waals surface area (Å²) in [5.41, 5.74) is 2.48. The Hall–Kier alpha value is -2.38. The van der Waals surface area contributed by atoms with Crippen molar-refractivity contribution in [3.05, 3.63) is 94.5 Å². The van der Waals surface area contributed by atoms with Crippen LogP contribution in [-0.4, -0.2) is 0 Å². The summed E-state index contributed by atoms with van der Waals surface area (Å²) < 4.78 is 1.13. The van der Waals surface area contributed by atoms with Crippen LogP contribution in [0.2, 0.25) is 0 Å². The van der Waals surface area contributed by atoms with Gasteiger partial charge in [0, 0.05) is 4.47 Å². The van der Waals surface area contributed by atoms with Gasteiger partial charge in [0.15, 0.2) is 0 Å². The van der Waals surface area contributed by atoms with E-state index in [0.717, 1.165) is 4.47 Å². The van der Waals surface area contributed by atoms with E-state index in [2.05, 4.69) is 101 Å². The van der Waals surface area contributed by atoms with Crippen molar-refractivity contribution in [3.8, 4) is 0 Å². The Bertz CT molecular complexity index is 1010. The van der Waals surface area contributed by atoms with Crippen LogP contribution in [0.15, 0.2) is 83.3 Å². The molecule has 0 aromatic heterocycles. The van der Waals surface area contributed by atoms with Gasteiger partial charge in [-0.15, -0.1) is 0 Å². The van der Waals surface area contributed by atoms with Gasteiger partial charge in [-0.1, -0.05) is 94.8 Å². The lowest BCUT2D eigenvalue weighted by atomic mass is 9.96. The first kappa shape index (κ1) is 14.2. The van der Waals surface area contributed by atoms with Crippen LogP contribution in [0.3, 0.4) is 0 Å². The number of hydrogen-bond donors (Lipinski definition) is 0. The molecule has 0 heterocycles. The zero-order valence-electron chi connectivity index (χ0n) is 12.5. The number of rotatable bonds is 2. The topological polar surface area (TPSA) is 0 Å². The average molecular weight is 359 g/mol. The van der Waals surface area contributed by atoms with Crippen molar-refractivity contribution in [3.63, 3.8) is 0 Å². The Balaban J connectivity index is 2.02. The van der Waals surface area contributed by atoms with Gasteiger partial charge in [0.05, 0.1) is 0 Å². The Morgan fingerprint density at radius 3 is 2.22 bits per heavy atom. The van der Waals surface area contributed by atoms with Crippen LogP contribution in [0.25, 0.3) is 33.7 Å². The predicted octanol–water partition coefficient (Wildman–Crippen LogP) is 6.93. The molecule has 0 radical (unpaired) electrons. The van der Waals surface area contributed by atoms with E-state index in [9.17, 15) is 0 Å². The molecule has 23 heavy (non-hydrogen) atoms. The van der Waals surface area contributed by atoms with Crippen molar-refractivity contribution in [2.75, 3.05) is 0 Å². The lowest BCUT2D eigenvalue weighted by Crippen LogP contribution is -1.84. The molecule has 0 aliphatic heterocycles. The van der Waals surface area contributed by atoms with Crippen LogP contribution >= 0.6 is 15.9 Å². The Labute approximate surface area is 144 Å². The number of hydrogen-bond acceptors (Lipinski definition) is 0. The Morgan fingerprint density at radius 1 is 0.609 bits per heavy atom. The van der Waals surface area contributed by atoms with Crippen molar-refractivity contribution in [1.29, 1.82) is 0 Å². The van der Waals surface area contributed by atoms with E-state index < -0.39 is 0 Å². The Kier molecular flexibility index (Phi) is 3.72. The highest BCUT2D eigenvalue weighted by atomic mass is 79.9. The molecule has 0 unspecified atom stereocenters. The van der Waals surface area contributed by atoms with Crippen LogP contribution in [-0.2, 0) is 0 Å². The fourth-order valence-electron chi connectivity index (χ4n) is 3.01. The maximum absolute atomic E-state index is 3.69. The fraction of sp³-hybridized carbons (Fsp3) is 0. The highest BCUT2D eigenvalue weighted by Crippen LogP contribution is 2.33. The molecular weight excluding hydrogens is 344 g/mol. The van der Waals surface area contributed by atoms with Crippen molar-refractivity contribution in [1.82, 2.24) is 0 Å². The van der Waals surface area contributed by atoms with E-state index in [-0.39, 0.29) is 0 Å². The van der Waals surface area contributed by atoms with Gasteiger partial charge in [-0.05, 0) is 44.8 Å². The van der Waals surface area contributed by atoms with Crippen molar-refractivity contribution < 1.29 is 0 Å². The standard InChI is InChI=1S/C22H15Br/c23-22-12-6-11-19-20(14-13-16-7-2-1-3-8-16)18-10-5-4-9-17(18)15-21(19)22/h1-15H. The lowest BCUT2D eigenvalue weighted by molar-refractivity contribution is 1.66. The molecule has 110 valence electrons. The number of halogens is 1. The molecule has 1 heteroatoms. The largest absolute Gasteiger partial charge is 0.0622 e. The van der Waals surface area contributed by atoms with Crippen molar-refractivity contribution >= 4 is 49.6 Å². The van der Waals surface area contributed by atoms with Crippen LogP contribution in [0.4, 0.5) is 0 Å². The van der Waals surface area contributed by atoms with Crippen LogP contribution in [0, 0.1) is 0 Å². The molecule has 0 saturated carbocycles. The van der Waals surface area contributed by atoms with Gasteiger partial charge in [-0.25, -0.2) is 0 Å². The minimum atomic E-state index is 1.13. The van der Waals surface area contributed by atoms with E-state index in [0.29, 0.717) is 0 Å². The summed E-state index contributed by atoms with van der Waals surface area (Å²) in [4.78, 5) is 0. The zero-order valence-corrected chi connectivity index (χ0v) is 14.1. The molecule has 0 spiro atoms. The van der Waals surface area contributed by atoms with Crippen molar-refractivity contribution in [2.45, 2.75) is 0 Å². The molecule has 4 aromatic carbocycles. The molecule has 4 rings (SSSR count). The van der Waals surface area contributed by atoms with E-state index in [1.807, 2.05) is 6.07 Å². The second-order valence-corrected chi connectivity index (χ2v) is 6.44. The molecule has 0 aliphatic rings. The molecule has 4 aromatic rings. The third kappa shape index (κ3) is 2.69. The maximum Gasteiger partial charge on any atom is 0.0254 e. The van der Waals surface area contributed by atoms with E-state index >= 15 is 0 Å². The van der Waals surface area contributed by atoms with Gasteiger partial charge in [0.25, 0.3) is 0 Å². The molecule has 0 atom stereocenters. The quantitative estimate of drug-likeness (QED) is 0.269. The minimum absolute atomic E-state index is 1.13. The average Bonchev–Trinajstić information content (AvgIpc) is 2.60. The first-order chi connectivity index (χ1) is 11.3. The van der Waals surface area contributed by atoms with Gasteiger partial charge in [-0.2, -0.15) is 0 Å². The second-order valence-electron chi connectivity index (χ2n) is 5.59. The monoisotopic (exact) mass is 358 g/mol. The molecule has 0 saturated heterocycles. The minimum Gasteiger partial charge on any atom is -0.0622 e. The normalized spacial score (nSPS) is 11.5. The molecule has 0 fully saturated rings. The van der Waals surface area contributed by atoms with Crippen LogP contribution < -0.4 is 0 Å².